The Labute approximate surface area is 82.9 Å². The molecule has 0 heterocycles. The molecule has 0 aliphatic carbocycles. The molecule has 0 aliphatic rings. The Bertz CT molecular complexity index is 348. The van der Waals surface area contributed by atoms with E-state index in [2.05, 4.69) is 0 Å². The second-order valence-corrected chi connectivity index (χ2v) is 3.55. The minimum Gasteiger partial charge on any atom is -0.328 e. The fourth-order valence-electron chi connectivity index (χ4n) is 1.34. The highest BCUT2D eigenvalue weighted by Crippen LogP contribution is 2.18. The first-order valence-corrected chi connectivity index (χ1v) is 4.50. The van der Waals surface area contributed by atoms with Gasteiger partial charge in [0.15, 0.2) is 0 Å². The van der Waals surface area contributed by atoms with Crippen LogP contribution in [-0.2, 0) is 6.42 Å². The molecule has 0 amide bonds. The first-order valence-electron chi connectivity index (χ1n) is 4.50. The number of nitro groups is 1. The first kappa shape index (κ1) is 10.7. The number of hydrogen-bond donors (Lipinski definition) is 1. The van der Waals surface area contributed by atoms with Crippen LogP contribution in [0.5, 0.6) is 0 Å². The highest BCUT2D eigenvalue weighted by atomic mass is 16.6. The maximum Gasteiger partial charge on any atom is 0.269 e. The zero-order valence-corrected chi connectivity index (χ0v) is 8.36. The van der Waals surface area contributed by atoms with Crippen molar-refractivity contribution in [3.05, 3.63) is 39.4 Å². The van der Waals surface area contributed by atoms with Gasteiger partial charge in [0.05, 0.1) is 4.92 Å². The summed E-state index contributed by atoms with van der Waals surface area (Å²) in [5.41, 5.74) is 7.78. The van der Waals surface area contributed by atoms with Crippen molar-refractivity contribution >= 4 is 5.69 Å². The average molecular weight is 194 g/mol. The molecule has 1 rings (SSSR count). The average Bonchev–Trinajstić information content (AvgIpc) is 2.07. The molecule has 0 unspecified atom stereocenters. The highest BCUT2D eigenvalue weighted by Gasteiger charge is 2.09. The Morgan fingerprint density at radius 2 is 2.21 bits per heavy atom. The lowest BCUT2D eigenvalue weighted by Crippen LogP contribution is -2.18. The van der Waals surface area contributed by atoms with Gasteiger partial charge in [-0.15, -0.1) is 0 Å². The lowest BCUT2D eigenvalue weighted by molar-refractivity contribution is -0.384. The highest BCUT2D eigenvalue weighted by molar-refractivity contribution is 5.39. The van der Waals surface area contributed by atoms with Crippen molar-refractivity contribution < 1.29 is 4.92 Å². The van der Waals surface area contributed by atoms with Gasteiger partial charge in [-0.25, -0.2) is 0 Å². The molecule has 0 bridgehead atoms. The van der Waals surface area contributed by atoms with Gasteiger partial charge in [-0.2, -0.15) is 0 Å². The van der Waals surface area contributed by atoms with Gasteiger partial charge in [0.25, 0.3) is 5.69 Å². The summed E-state index contributed by atoms with van der Waals surface area (Å²) in [5.74, 6) is 0. The number of benzene rings is 1. The summed E-state index contributed by atoms with van der Waals surface area (Å²) >= 11 is 0. The van der Waals surface area contributed by atoms with E-state index >= 15 is 0 Å². The van der Waals surface area contributed by atoms with Crippen LogP contribution >= 0.6 is 0 Å². The van der Waals surface area contributed by atoms with Crippen LogP contribution in [0.1, 0.15) is 18.1 Å². The number of hydrogen-bond acceptors (Lipinski definition) is 3. The monoisotopic (exact) mass is 194 g/mol. The quantitative estimate of drug-likeness (QED) is 0.589. The van der Waals surface area contributed by atoms with Crippen molar-refractivity contribution in [2.75, 3.05) is 0 Å². The third-order valence-corrected chi connectivity index (χ3v) is 2.09. The summed E-state index contributed by atoms with van der Waals surface area (Å²) in [5, 5.41) is 10.5. The van der Waals surface area contributed by atoms with E-state index in [4.69, 9.17) is 5.73 Å². The van der Waals surface area contributed by atoms with Crippen molar-refractivity contribution in [2.24, 2.45) is 5.73 Å². The number of nitro benzene ring substituents is 1. The second-order valence-electron chi connectivity index (χ2n) is 3.55. The third-order valence-electron chi connectivity index (χ3n) is 2.09. The standard InChI is InChI=1S/C10H14N2O2/c1-7-3-4-10(12(13)14)6-9(7)5-8(2)11/h3-4,6,8H,5,11H2,1-2H3/t8-/m0/s1. The molecule has 0 fully saturated rings. The molecule has 0 spiro atoms. The topological polar surface area (TPSA) is 69.2 Å². The smallest absolute Gasteiger partial charge is 0.269 e. The predicted molar refractivity (Wildman–Crippen MR) is 55.2 cm³/mol. The Morgan fingerprint density at radius 1 is 1.57 bits per heavy atom. The van der Waals surface area contributed by atoms with Gasteiger partial charge in [0, 0.05) is 18.2 Å². The van der Waals surface area contributed by atoms with E-state index in [1.165, 1.54) is 6.07 Å². The molecule has 2 N–H and O–H groups in total. The van der Waals surface area contributed by atoms with Crippen LogP contribution in [-0.4, -0.2) is 11.0 Å². The number of nitrogens with zero attached hydrogens (tertiary/aromatic N) is 1. The van der Waals surface area contributed by atoms with Gasteiger partial charge in [0.1, 0.15) is 0 Å². The molecular formula is C10H14N2O2. The molecule has 0 radical (unpaired) electrons. The second kappa shape index (κ2) is 4.19. The predicted octanol–water partition coefficient (Wildman–Crippen LogP) is 1.79. The maximum atomic E-state index is 10.5. The summed E-state index contributed by atoms with van der Waals surface area (Å²) < 4.78 is 0. The van der Waals surface area contributed by atoms with Crippen LogP contribution in [0.3, 0.4) is 0 Å². The van der Waals surface area contributed by atoms with E-state index in [9.17, 15) is 10.1 Å². The van der Waals surface area contributed by atoms with Crippen molar-refractivity contribution in [1.82, 2.24) is 0 Å². The minimum absolute atomic E-state index is 0.0238. The van der Waals surface area contributed by atoms with Gasteiger partial charge >= 0.3 is 0 Å². The molecule has 1 atom stereocenters. The Balaban J connectivity index is 3.02. The molecule has 76 valence electrons. The lowest BCUT2D eigenvalue weighted by atomic mass is 10.0. The Morgan fingerprint density at radius 3 is 2.71 bits per heavy atom. The molecule has 0 aromatic heterocycles. The van der Waals surface area contributed by atoms with Crippen LogP contribution in [0.2, 0.25) is 0 Å². The fourth-order valence-corrected chi connectivity index (χ4v) is 1.34. The third kappa shape index (κ3) is 2.53. The van der Waals surface area contributed by atoms with E-state index < -0.39 is 0 Å². The summed E-state index contributed by atoms with van der Waals surface area (Å²) in [4.78, 5) is 10.1. The maximum absolute atomic E-state index is 10.5. The number of nitrogens with two attached hydrogens (primary N) is 1. The van der Waals surface area contributed by atoms with Crippen LogP contribution in [0.25, 0.3) is 0 Å². The van der Waals surface area contributed by atoms with Crippen LogP contribution in [0.15, 0.2) is 18.2 Å². The lowest BCUT2D eigenvalue weighted by Gasteiger charge is -2.07. The van der Waals surface area contributed by atoms with Gasteiger partial charge in [-0.3, -0.25) is 10.1 Å². The van der Waals surface area contributed by atoms with E-state index in [-0.39, 0.29) is 16.7 Å². The molecule has 0 saturated carbocycles. The number of aryl methyl sites for hydroxylation is 1. The van der Waals surface area contributed by atoms with Gasteiger partial charge < -0.3 is 5.73 Å². The summed E-state index contributed by atoms with van der Waals surface area (Å²) in [7, 11) is 0. The van der Waals surface area contributed by atoms with E-state index in [0.717, 1.165) is 11.1 Å². The molecule has 1 aromatic rings. The first-order chi connectivity index (χ1) is 6.50. The SMILES string of the molecule is Cc1ccc([N+](=O)[O-])cc1C[C@H](C)N. The molecule has 0 saturated heterocycles. The summed E-state index contributed by atoms with van der Waals surface area (Å²) in [6.07, 6.45) is 0.674. The van der Waals surface area contributed by atoms with Crippen molar-refractivity contribution in [1.29, 1.82) is 0 Å². The van der Waals surface area contributed by atoms with Crippen molar-refractivity contribution in [3.63, 3.8) is 0 Å². The Hall–Kier alpha value is -1.42. The van der Waals surface area contributed by atoms with E-state index in [1.807, 2.05) is 13.8 Å². The summed E-state index contributed by atoms with van der Waals surface area (Å²) in [6, 6.07) is 4.89. The van der Waals surface area contributed by atoms with Crippen LogP contribution < -0.4 is 5.73 Å². The fraction of sp³-hybridized carbons (Fsp3) is 0.400. The number of non-ortho nitro benzene ring substituents is 1. The molecular weight excluding hydrogens is 180 g/mol. The largest absolute Gasteiger partial charge is 0.328 e. The van der Waals surface area contributed by atoms with Gasteiger partial charge in [-0.05, 0) is 31.4 Å². The summed E-state index contributed by atoms with van der Waals surface area (Å²) in [6.45, 7) is 3.82. The van der Waals surface area contributed by atoms with E-state index in [1.54, 1.807) is 12.1 Å². The van der Waals surface area contributed by atoms with Crippen LogP contribution in [0, 0.1) is 17.0 Å². The molecule has 4 nitrogen and oxygen atoms in total. The van der Waals surface area contributed by atoms with E-state index in [0.29, 0.717) is 6.42 Å². The number of rotatable bonds is 3. The molecule has 0 aliphatic heterocycles. The normalized spacial score (nSPS) is 12.5. The van der Waals surface area contributed by atoms with Gasteiger partial charge in [-0.1, -0.05) is 6.07 Å². The van der Waals surface area contributed by atoms with Gasteiger partial charge in [0.2, 0.25) is 0 Å². The zero-order valence-electron chi connectivity index (χ0n) is 8.36. The molecule has 14 heavy (non-hydrogen) atoms. The molecule has 4 heteroatoms. The van der Waals surface area contributed by atoms with Crippen molar-refractivity contribution in [3.8, 4) is 0 Å². The van der Waals surface area contributed by atoms with Crippen molar-refractivity contribution in [2.45, 2.75) is 26.3 Å². The van der Waals surface area contributed by atoms with Crippen LogP contribution in [0.4, 0.5) is 5.69 Å². The zero-order chi connectivity index (χ0) is 10.7. The molecule has 1 aromatic carbocycles. The minimum atomic E-state index is -0.385. The Kier molecular flexibility index (Phi) is 3.19.